The first-order valence-corrected chi connectivity index (χ1v) is 7.81. The summed E-state index contributed by atoms with van der Waals surface area (Å²) in [6.07, 6.45) is 3.83. The number of pyridine rings is 1. The standard InChI is InChI=1S/C16H24ClN3O/c1-16(2,3)15(21)19(4)12-7-6-10-20(11-12)14-13(17)8-5-9-18-14/h5,8-9,12H,6-7,10-11H2,1-4H3. The summed E-state index contributed by atoms with van der Waals surface area (Å²) in [5.41, 5.74) is -0.348. The molecule has 1 fully saturated rings. The van der Waals surface area contributed by atoms with Crippen LogP contribution in [0.4, 0.5) is 5.82 Å². The molecule has 2 rings (SSSR count). The van der Waals surface area contributed by atoms with Gasteiger partial charge in [-0.1, -0.05) is 32.4 Å². The van der Waals surface area contributed by atoms with E-state index in [4.69, 9.17) is 11.6 Å². The topological polar surface area (TPSA) is 36.4 Å². The normalized spacial score (nSPS) is 19.5. The lowest BCUT2D eigenvalue weighted by Crippen LogP contribution is -2.51. The Balaban J connectivity index is 2.11. The summed E-state index contributed by atoms with van der Waals surface area (Å²) in [7, 11) is 1.90. The molecule has 0 spiro atoms. The van der Waals surface area contributed by atoms with Crippen molar-refractivity contribution in [3.63, 3.8) is 0 Å². The number of aromatic nitrogens is 1. The van der Waals surface area contributed by atoms with E-state index in [9.17, 15) is 4.79 Å². The molecular formula is C16H24ClN3O. The first kappa shape index (κ1) is 16.1. The lowest BCUT2D eigenvalue weighted by atomic mass is 9.93. The van der Waals surface area contributed by atoms with E-state index in [1.165, 1.54) is 0 Å². The Morgan fingerprint density at radius 2 is 2.19 bits per heavy atom. The van der Waals surface area contributed by atoms with Gasteiger partial charge in [-0.2, -0.15) is 0 Å². The van der Waals surface area contributed by atoms with Crippen LogP contribution in [-0.2, 0) is 4.79 Å². The lowest BCUT2D eigenvalue weighted by Gasteiger charge is -2.40. The number of nitrogens with zero attached hydrogens (tertiary/aromatic N) is 3. The van der Waals surface area contributed by atoms with Crippen molar-refractivity contribution in [1.29, 1.82) is 0 Å². The zero-order valence-corrected chi connectivity index (χ0v) is 14.0. The smallest absolute Gasteiger partial charge is 0.227 e. The van der Waals surface area contributed by atoms with Gasteiger partial charge in [-0.3, -0.25) is 4.79 Å². The Labute approximate surface area is 132 Å². The summed E-state index contributed by atoms with van der Waals surface area (Å²) < 4.78 is 0. The Bertz CT molecular complexity index is 512. The molecule has 1 aromatic heterocycles. The second-order valence-corrected chi connectivity index (χ2v) is 7.12. The molecule has 1 atom stereocenters. The third kappa shape index (κ3) is 3.67. The maximum absolute atomic E-state index is 12.4. The van der Waals surface area contributed by atoms with Gasteiger partial charge in [0.2, 0.25) is 5.91 Å². The van der Waals surface area contributed by atoms with Crippen molar-refractivity contribution in [2.75, 3.05) is 25.0 Å². The third-order valence-electron chi connectivity index (χ3n) is 3.94. The van der Waals surface area contributed by atoms with E-state index in [1.54, 1.807) is 6.20 Å². The van der Waals surface area contributed by atoms with Crippen molar-refractivity contribution in [2.24, 2.45) is 5.41 Å². The predicted molar refractivity (Wildman–Crippen MR) is 86.7 cm³/mol. The van der Waals surface area contributed by atoms with Crippen molar-refractivity contribution in [1.82, 2.24) is 9.88 Å². The molecule has 0 N–H and O–H groups in total. The first-order valence-electron chi connectivity index (χ1n) is 7.43. The number of hydrogen-bond acceptors (Lipinski definition) is 3. The van der Waals surface area contributed by atoms with Crippen LogP contribution in [-0.4, -0.2) is 42.0 Å². The van der Waals surface area contributed by atoms with E-state index < -0.39 is 0 Å². The van der Waals surface area contributed by atoms with Gasteiger partial charge < -0.3 is 9.80 Å². The van der Waals surface area contributed by atoms with Gasteiger partial charge in [0.15, 0.2) is 0 Å². The number of carbonyl (C=O) groups excluding carboxylic acids is 1. The molecule has 0 radical (unpaired) electrons. The highest BCUT2D eigenvalue weighted by molar-refractivity contribution is 6.32. The summed E-state index contributed by atoms with van der Waals surface area (Å²) in [5.74, 6) is 1.00. The fourth-order valence-corrected chi connectivity index (χ4v) is 3.01. The molecule has 1 amide bonds. The summed E-state index contributed by atoms with van der Waals surface area (Å²) in [6.45, 7) is 7.60. The van der Waals surface area contributed by atoms with Gasteiger partial charge in [-0.15, -0.1) is 0 Å². The molecule has 116 valence electrons. The molecule has 0 saturated carbocycles. The Morgan fingerprint density at radius 1 is 1.48 bits per heavy atom. The van der Waals surface area contributed by atoms with Crippen LogP contribution in [0.15, 0.2) is 18.3 Å². The van der Waals surface area contributed by atoms with E-state index in [0.717, 1.165) is 31.7 Å². The molecule has 1 aromatic rings. The van der Waals surface area contributed by atoms with Crippen LogP contribution in [0.25, 0.3) is 0 Å². The molecule has 0 bridgehead atoms. The second kappa shape index (κ2) is 6.22. The molecule has 0 aliphatic carbocycles. The highest BCUT2D eigenvalue weighted by Crippen LogP contribution is 2.28. The van der Waals surface area contributed by atoms with Crippen LogP contribution in [0, 0.1) is 5.41 Å². The molecule has 0 aromatic carbocycles. The number of likely N-dealkylation sites (N-methyl/N-ethyl adjacent to an activating group) is 1. The van der Waals surface area contributed by atoms with Gasteiger partial charge in [-0.05, 0) is 25.0 Å². The monoisotopic (exact) mass is 309 g/mol. The SMILES string of the molecule is CN(C(=O)C(C)(C)C)C1CCCN(c2ncccc2Cl)C1. The maximum atomic E-state index is 12.4. The molecule has 5 heteroatoms. The fourth-order valence-electron chi connectivity index (χ4n) is 2.77. The van der Waals surface area contributed by atoms with Crippen LogP contribution < -0.4 is 4.90 Å². The van der Waals surface area contributed by atoms with E-state index >= 15 is 0 Å². The van der Waals surface area contributed by atoms with E-state index in [1.807, 2.05) is 44.9 Å². The molecule has 2 heterocycles. The molecule has 1 saturated heterocycles. The predicted octanol–water partition coefficient (Wildman–Crippen LogP) is 3.21. The molecule has 1 aliphatic rings. The number of carbonyl (C=O) groups is 1. The average Bonchev–Trinajstić information content (AvgIpc) is 2.45. The quantitative estimate of drug-likeness (QED) is 0.841. The molecule has 1 unspecified atom stereocenters. The minimum atomic E-state index is -0.348. The molecule has 21 heavy (non-hydrogen) atoms. The van der Waals surface area contributed by atoms with Crippen molar-refractivity contribution in [3.05, 3.63) is 23.4 Å². The summed E-state index contributed by atoms with van der Waals surface area (Å²) >= 11 is 6.24. The molecular weight excluding hydrogens is 286 g/mol. The summed E-state index contributed by atoms with van der Waals surface area (Å²) in [4.78, 5) is 20.9. The van der Waals surface area contributed by atoms with E-state index in [-0.39, 0.29) is 17.4 Å². The number of piperidine rings is 1. The van der Waals surface area contributed by atoms with Crippen molar-refractivity contribution in [3.8, 4) is 0 Å². The zero-order chi connectivity index (χ0) is 15.6. The van der Waals surface area contributed by atoms with Gasteiger partial charge in [0, 0.05) is 37.8 Å². The van der Waals surface area contributed by atoms with Gasteiger partial charge in [0.25, 0.3) is 0 Å². The minimum Gasteiger partial charge on any atom is -0.353 e. The molecule has 4 nitrogen and oxygen atoms in total. The largest absolute Gasteiger partial charge is 0.353 e. The van der Waals surface area contributed by atoms with Crippen LogP contribution in [0.1, 0.15) is 33.6 Å². The second-order valence-electron chi connectivity index (χ2n) is 6.72. The zero-order valence-electron chi connectivity index (χ0n) is 13.3. The number of rotatable bonds is 2. The minimum absolute atomic E-state index is 0.182. The number of anilines is 1. The summed E-state index contributed by atoms with van der Waals surface area (Å²) in [6, 6.07) is 3.91. The van der Waals surface area contributed by atoms with E-state index in [2.05, 4.69) is 9.88 Å². The van der Waals surface area contributed by atoms with E-state index in [0.29, 0.717) is 5.02 Å². The van der Waals surface area contributed by atoms with Gasteiger partial charge in [0.05, 0.1) is 5.02 Å². The van der Waals surface area contributed by atoms with Gasteiger partial charge in [-0.25, -0.2) is 4.98 Å². The Morgan fingerprint density at radius 3 is 2.81 bits per heavy atom. The molecule has 1 aliphatic heterocycles. The highest BCUT2D eigenvalue weighted by Gasteiger charge is 2.32. The number of hydrogen-bond donors (Lipinski definition) is 0. The third-order valence-corrected chi connectivity index (χ3v) is 4.24. The van der Waals surface area contributed by atoms with Crippen LogP contribution in [0.5, 0.6) is 0 Å². The number of amides is 1. The van der Waals surface area contributed by atoms with Crippen LogP contribution in [0.2, 0.25) is 5.02 Å². The fraction of sp³-hybridized carbons (Fsp3) is 0.625. The lowest BCUT2D eigenvalue weighted by molar-refractivity contribution is -0.140. The maximum Gasteiger partial charge on any atom is 0.227 e. The number of halogens is 1. The average molecular weight is 310 g/mol. The first-order chi connectivity index (χ1) is 9.80. The summed E-state index contributed by atoms with van der Waals surface area (Å²) in [5, 5.41) is 0.669. The highest BCUT2D eigenvalue weighted by atomic mass is 35.5. The van der Waals surface area contributed by atoms with Gasteiger partial charge in [0.1, 0.15) is 5.82 Å². The Hall–Kier alpha value is -1.29. The van der Waals surface area contributed by atoms with Crippen molar-refractivity contribution in [2.45, 2.75) is 39.7 Å². The van der Waals surface area contributed by atoms with Crippen LogP contribution >= 0.6 is 11.6 Å². The van der Waals surface area contributed by atoms with Crippen molar-refractivity contribution < 1.29 is 4.79 Å². The van der Waals surface area contributed by atoms with Crippen LogP contribution in [0.3, 0.4) is 0 Å². The Kier molecular flexibility index (Phi) is 4.77. The van der Waals surface area contributed by atoms with Gasteiger partial charge >= 0.3 is 0 Å². The van der Waals surface area contributed by atoms with Crippen molar-refractivity contribution >= 4 is 23.3 Å².